The van der Waals surface area contributed by atoms with E-state index in [1.807, 2.05) is 30.1 Å². The van der Waals surface area contributed by atoms with Crippen LogP contribution >= 0.6 is 0 Å². The molecule has 0 radical (unpaired) electrons. The van der Waals surface area contributed by atoms with Gasteiger partial charge in [-0.25, -0.2) is 0 Å². The molecule has 0 N–H and O–H groups in total. The topological polar surface area (TPSA) is 25.2 Å². The Labute approximate surface area is 136 Å². The molecule has 0 unspecified atom stereocenters. The fraction of sp³-hybridized carbons (Fsp3) is 0.250. The fourth-order valence-electron chi connectivity index (χ4n) is 3.58. The highest BCUT2D eigenvalue weighted by Gasteiger charge is 2.27. The first-order chi connectivity index (χ1) is 11.3. The molecule has 0 atom stereocenters. The van der Waals surface area contributed by atoms with Crippen molar-refractivity contribution < 1.29 is 4.79 Å². The molecule has 23 heavy (non-hydrogen) atoms. The molecule has 0 spiro atoms. The SMILES string of the molecule is CN1CCCc2c(n(Cc3ccccc3)c3ccccc23)C1=O. The molecular formula is C20H20N2O. The molecule has 1 aromatic heterocycles. The Morgan fingerprint density at radius 3 is 2.57 bits per heavy atom. The van der Waals surface area contributed by atoms with Gasteiger partial charge in [0.15, 0.2) is 0 Å². The van der Waals surface area contributed by atoms with Crippen molar-refractivity contribution in [3.63, 3.8) is 0 Å². The van der Waals surface area contributed by atoms with E-state index in [0.717, 1.165) is 37.1 Å². The fourth-order valence-corrected chi connectivity index (χ4v) is 3.58. The van der Waals surface area contributed by atoms with E-state index < -0.39 is 0 Å². The van der Waals surface area contributed by atoms with Crippen LogP contribution in [0.5, 0.6) is 0 Å². The number of aryl methyl sites for hydroxylation is 1. The maximum Gasteiger partial charge on any atom is 0.270 e. The summed E-state index contributed by atoms with van der Waals surface area (Å²) in [5.41, 5.74) is 4.46. The summed E-state index contributed by atoms with van der Waals surface area (Å²) in [4.78, 5) is 14.8. The second-order valence-electron chi connectivity index (χ2n) is 6.25. The van der Waals surface area contributed by atoms with Crippen molar-refractivity contribution in [3.05, 3.63) is 71.4 Å². The molecule has 3 aromatic rings. The normalized spacial score (nSPS) is 14.8. The minimum absolute atomic E-state index is 0.143. The molecule has 0 saturated carbocycles. The Hall–Kier alpha value is -2.55. The minimum Gasteiger partial charge on any atom is -0.340 e. The Morgan fingerprint density at radius 1 is 1.00 bits per heavy atom. The van der Waals surface area contributed by atoms with Crippen molar-refractivity contribution in [3.8, 4) is 0 Å². The summed E-state index contributed by atoms with van der Waals surface area (Å²) in [6.07, 6.45) is 1.99. The quantitative estimate of drug-likeness (QED) is 0.708. The number of hydrogen-bond acceptors (Lipinski definition) is 1. The highest BCUT2D eigenvalue weighted by Crippen LogP contribution is 2.31. The van der Waals surface area contributed by atoms with E-state index in [4.69, 9.17) is 0 Å². The molecular weight excluding hydrogens is 284 g/mol. The predicted octanol–water partition coefficient (Wildman–Crippen LogP) is 3.71. The summed E-state index contributed by atoms with van der Waals surface area (Å²) in [7, 11) is 1.90. The second kappa shape index (κ2) is 5.58. The maximum atomic E-state index is 12.9. The van der Waals surface area contributed by atoms with Crippen LogP contribution in [0.15, 0.2) is 54.6 Å². The van der Waals surface area contributed by atoms with E-state index in [9.17, 15) is 4.79 Å². The Bertz CT molecular complexity index is 864. The van der Waals surface area contributed by atoms with Gasteiger partial charge in [0.25, 0.3) is 5.91 Å². The molecule has 116 valence electrons. The molecule has 1 aliphatic heterocycles. The van der Waals surface area contributed by atoms with Crippen molar-refractivity contribution in [2.24, 2.45) is 0 Å². The molecule has 3 heteroatoms. The molecule has 0 fully saturated rings. The third-order valence-electron chi connectivity index (χ3n) is 4.73. The van der Waals surface area contributed by atoms with E-state index in [1.54, 1.807) is 0 Å². The molecule has 0 bridgehead atoms. The monoisotopic (exact) mass is 304 g/mol. The van der Waals surface area contributed by atoms with Gasteiger partial charge in [-0.3, -0.25) is 4.79 Å². The van der Waals surface area contributed by atoms with Crippen LogP contribution < -0.4 is 0 Å². The molecule has 0 aliphatic carbocycles. The van der Waals surface area contributed by atoms with Crippen LogP contribution in [0.1, 0.15) is 28.0 Å². The predicted molar refractivity (Wildman–Crippen MR) is 92.8 cm³/mol. The van der Waals surface area contributed by atoms with E-state index in [0.29, 0.717) is 0 Å². The lowest BCUT2D eigenvalue weighted by atomic mass is 10.1. The second-order valence-corrected chi connectivity index (χ2v) is 6.25. The zero-order valence-corrected chi connectivity index (χ0v) is 13.3. The highest BCUT2D eigenvalue weighted by atomic mass is 16.2. The Balaban J connectivity index is 1.95. The van der Waals surface area contributed by atoms with E-state index in [-0.39, 0.29) is 5.91 Å². The van der Waals surface area contributed by atoms with Crippen molar-refractivity contribution in [1.82, 2.24) is 9.47 Å². The van der Waals surface area contributed by atoms with Gasteiger partial charge >= 0.3 is 0 Å². The van der Waals surface area contributed by atoms with Crippen LogP contribution in [-0.4, -0.2) is 29.0 Å². The molecule has 2 heterocycles. The van der Waals surface area contributed by atoms with E-state index in [2.05, 4.69) is 41.0 Å². The highest BCUT2D eigenvalue weighted by molar-refractivity contribution is 6.02. The van der Waals surface area contributed by atoms with Crippen molar-refractivity contribution in [2.45, 2.75) is 19.4 Å². The lowest BCUT2D eigenvalue weighted by molar-refractivity contribution is 0.0790. The van der Waals surface area contributed by atoms with Gasteiger partial charge in [0, 0.05) is 31.0 Å². The summed E-state index contributed by atoms with van der Waals surface area (Å²) in [6.45, 7) is 1.56. The smallest absolute Gasteiger partial charge is 0.270 e. The van der Waals surface area contributed by atoms with Gasteiger partial charge in [-0.05, 0) is 30.0 Å². The number of amides is 1. The Morgan fingerprint density at radius 2 is 1.74 bits per heavy atom. The summed E-state index contributed by atoms with van der Waals surface area (Å²) >= 11 is 0. The number of fused-ring (bicyclic) bond motifs is 3. The van der Waals surface area contributed by atoms with Gasteiger partial charge in [0.05, 0.1) is 0 Å². The lowest BCUT2D eigenvalue weighted by Gasteiger charge is -2.17. The van der Waals surface area contributed by atoms with Gasteiger partial charge in [-0.15, -0.1) is 0 Å². The minimum atomic E-state index is 0.143. The van der Waals surface area contributed by atoms with Crippen LogP contribution in [0.25, 0.3) is 10.9 Å². The lowest BCUT2D eigenvalue weighted by Crippen LogP contribution is -2.28. The first-order valence-corrected chi connectivity index (χ1v) is 8.15. The van der Waals surface area contributed by atoms with Crippen molar-refractivity contribution >= 4 is 16.8 Å². The maximum absolute atomic E-state index is 12.9. The number of carbonyl (C=O) groups is 1. The molecule has 4 rings (SSSR count). The van der Waals surface area contributed by atoms with Crippen LogP contribution in [0, 0.1) is 0 Å². The first kappa shape index (κ1) is 14.1. The zero-order chi connectivity index (χ0) is 15.8. The van der Waals surface area contributed by atoms with Gasteiger partial charge in [-0.2, -0.15) is 0 Å². The number of benzene rings is 2. The number of carbonyl (C=O) groups excluding carboxylic acids is 1. The average Bonchev–Trinajstić information content (AvgIpc) is 2.80. The standard InChI is InChI=1S/C20H20N2O/c1-21-13-7-11-17-16-10-5-6-12-18(16)22(19(17)20(21)23)14-15-8-3-2-4-9-15/h2-6,8-10,12H,7,11,13-14H2,1H3. The van der Waals surface area contributed by atoms with Gasteiger partial charge < -0.3 is 9.47 Å². The number of aromatic nitrogens is 1. The van der Waals surface area contributed by atoms with Crippen LogP contribution in [0.4, 0.5) is 0 Å². The molecule has 1 aliphatic rings. The van der Waals surface area contributed by atoms with Crippen LogP contribution in [0.2, 0.25) is 0 Å². The number of rotatable bonds is 2. The molecule has 0 saturated heterocycles. The average molecular weight is 304 g/mol. The van der Waals surface area contributed by atoms with Crippen molar-refractivity contribution in [1.29, 1.82) is 0 Å². The Kier molecular flexibility index (Phi) is 3.41. The summed E-state index contributed by atoms with van der Waals surface area (Å²) in [5.74, 6) is 0.143. The van der Waals surface area contributed by atoms with E-state index >= 15 is 0 Å². The van der Waals surface area contributed by atoms with Gasteiger partial charge in [0.1, 0.15) is 5.69 Å². The van der Waals surface area contributed by atoms with Gasteiger partial charge in [-0.1, -0.05) is 48.5 Å². The van der Waals surface area contributed by atoms with Crippen LogP contribution in [-0.2, 0) is 13.0 Å². The molecule has 1 amide bonds. The first-order valence-electron chi connectivity index (χ1n) is 8.15. The summed E-state index contributed by atoms with van der Waals surface area (Å²) in [5, 5.41) is 1.22. The van der Waals surface area contributed by atoms with Gasteiger partial charge in [0.2, 0.25) is 0 Å². The summed E-state index contributed by atoms with van der Waals surface area (Å²) < 4.78 is 2.20. The summed E-state index contributed by atoms with van der Waals surface area (Å²) in [6, 6.07) is 18.7. The van der Waals surface area contributed by atoms with E-state index in [1.165, 1.54) is 16.5 Å². The van der Waals surface area contributed by atoms with Crippen molar-refractivity contribution in [2.75, 3.05) is 13.6 Å². The third-order valence-corrected chi connectivity index (χ3v) is 4.73. The molecule has 2 aromatic carbocycles. The largest absolute Gasteiger partial charge is 0.340 e. The molecule has 3 nitrogen and oxygen atoms in total. The third kappa shape index (κ3) is 2.33. The van der Waals surface area contributed by atoms with Crippen LogP contribution in [0.3, 0.4) is 0 Å². The number of nitrogens with zero attached hydrogens (tertiary/aromatic N) is 2. The number of hydrogen-bond donors (Lipinski definition) is 0. The zero-order valence-electron chi connectivity index (χ0n) is 13.3. The number of para-hydroxylation sites is 1.